The number of allylic oxidation sites excluding steroid dienone is 4. The van der Waals surface area contributed by atoms with Crippen molar-refractivity contribution < 1.29 is 9.13 Å². The van der Waals surface area contributed by atoms with Crippen LogP contribution in [0.5, 0.6) is 0 Å². The van der Waals surface area contributed by atoms with Crippen molar-refractivity contribution in [3.63, 3.8) is 0 Å². The molecule has 0 aliphatic rings. The predicted octanol–water partition coefficient (Wildman–Crippen LogP) is 5.14. The van der Waals surface area contributed by atoms with E-state index >= 15 is 0 Å². The maximum Gasteiger partial charge on any atom is 0.123 e. The Hall–Kier alpha value is -1.91. The molecule has 0 bridgehead atoms. The maximum atomic E-state index is 13.0. The van der Waals surface area contributed by atoms with Gasteiger partial charge in [-0.3, -0.25) is 0 Å². The van der Waals surface area contributed by atoms with Gasteiger partial charge in [0.2, 0.25) is 0 Å². The van der Waals surface area contributed by atoms with Gasteiger partial charge in [0, 0.05) is 12.1 Å². The van der Waals surface area contributed by atoms with Gasteiger partial charge in [-0.1, -0.05) is 38.6 Å². The van der Waals surface area contributed by atoms with E-state index in [-0.39, 0.29) is 17.4 Å². The monoisotopic (exact) mass is 376 g/mol. The first kappa shape index (κ1) is 25.1. The summed E-state index contributed by atoms with van der Waals surface area (Å²) in [5.74, 6) is 0.577. The van der Waals surface area contributed by atoms with Crippen LogP contribution in [0.25, 0.3) is 0 Å². The zero-order valence-electron chi connectivity index (χ0n) is 17.8. The molecule has 3 N–H and O–H groups in total. The smallest absolute Gasteiger partial charge is 0.123 e. The summed E-state index contributed by atoms with van der Waals surface area (Å²) >= 11 is 0. The van der Waals surface area contributed by atoms with Crippen LogP contribution in [0.4, 0.5) is 4.39 Å². The number of hydrogen-bond acceptors (Lipinski definition) is 3. The van der Waals surface area contributed by atoms with E-state index in [0.29, 0.717) is 13.2 Å². The topological polar surface area (TPSA) is 47.3 Å². The fraction of sp³-hybridized carbons (Fsp3) is 0.478. The van der Waals surface area contributed by atoms with Crippen LogP contribution in [0.15, 0.2) is 60.4 Å². The van der Waals surface area contributed by atoms with Gasteiger partial charge in [-0.25, -0.2) is 4.39 Å². The lowest BCUT2D eigenvalue weighted by molar-refractivity contribution is 0.196. The fourth-order valence-corrected chi connectivity index (χ4v) is 2.34. The second-order valence-corrected chi connectivity index (χ2v) is 6.92. The highest BCUT2D eigenvalue weighted by atomic mass is 19.1. The average Bonchev–Trinajstić information content (AvgIpc) is 2.66. The molecule has 0 aromatic heterocycles. The Kier molecular flexibility index (Phi) is 12.3. The summed E-state index contributed by atoms with van der Waals surface area (Å²) in [7, 11) is 0. The minimum absolute atomic E-state index is 0.125. The number of benzene rings is 1. The molecule has 3 nitrogen and oxygen atoms in total. The molecule has 0 spiro atoms. The Bertz CT molecular complexity index is 603. The molecular weight excluding hydrogens is 339 g/mol. The Balaban J connectivity index is 0.00000326. The quantitative estimate of drug-likeness (QED) is 0.439. The molecule has 0 fully saturated rings. The highest BCUT2D eigenvalue weighted by molar-refractivity contribution is 5.23. The molecule has 152 valence electrons. The Morgan fingerprint density at radius 2 is 1.89 bits per heavy atom. The molecule has 4 heteroatoms. The molecular formula is C23H37FN2O. The second-order valence-electron chi connectivity index (χ2n) is 6.92. The molecule has 1 atom stereocenters. The van der Waals surface area contributed by atoms with Crippen LogP contribution >= 0.6 is 0 Å². The van der Waals surface area contributed by atoms with Gasteiger partial charge >= 0.3 is 0 Å². The highest BCUT2D eigenvalue weighted by Gasteiger charge is 2.19. The lowest BCUT2D eigenvalue weighted by Gasteiger charge is -2.28. The van der Waals surface area contributed by atoms with E-state index in [0.717, 1.165) is 23.3 Å². The standard InChI is InChI=1S/C21H31FN2O.C2H6/c1-6-16(3)12-20(7-2)25-15-19(23)14-24-21(4,5)13-17-8-10-18(22)11-9-17;1-2/h6-12,19,24H,1,13-15,23H2,2-5H3;1-2H3/b16-12-,20-7+;. The number of nitrogens with two attached hydrogens (primary N) is 1. The molecule has 0 aliphatic carbocycles. The summed E-state index contributed by atoms with van der Waals surface area (Å²) in [6.07, 6.45) is 6.42. The van der Waals surface area contributed by atoms with Gasteiger partial charge in [0.05, 0.1) is 6.04 Å². The van der Waals surface area contributed by atoms with Crippen molar-refractivity contribution >= 4 is 0 Å². The Morgan fingerprint density at radius 3 is 2.41 bits per heavy atom. The fourth-order valence-electron chi connectivity index (χ4n) is 2.34. The van der Waals surface area contributed by atoms with E-state index in [1.54, 1.807) is 6.08 Å². The summed E-state index contributed by atoms with van der Waals surface area (Å²) in [5.41, 5.74) is 8.14. The van der Waals surface area contributed by atoms with Crippen LogP contribution in [-0.4, -0.2) is 24.7 Å². The SMILES string of the molecule is C=C/C(C)=C\C(=C/C)OCC(N)CNC(C)(C)Cc1ccc(F)cc1.CC. The van der Waals surface area contributed by atoms with Gasteiger partial charge in [0.25, 0.3) is 0 Å². The molecule has 1 unspecified atom stereocenters. The molecule has 1 aromatic rings. The molecule has 0 heterocycles. The van der Waals surface area contributed by atoms with E-state index in [9.17, 15) is 4.39 Å². The first-order valence-corrected chi connectivity index (χ1v) is 9.60. The number of rotatable bonds is 10. The van der Waals surface area contributed by atoms with Crippen molar-refractivity contribution in [2.75, 3.05) is 13.2 Å². The van der Waals surface area contributed by atoms with E-state index < -0.39 is 0 Å². The Labute approximate surface area is 165 Å². The molecule has 0 radical (unpaired) electrons. The van der Waals surface area contributed by atoms with Crippen molar-refractivity contribution in [1.29, 1.82) is 0 Å². The van der Waals surface area contributed by atoms with Gasteiger partial charge in [-0.05, 0) is 69.5 Å². The largest absolute Gasteiger partial charge is 0.492 e. The third kappa shape index (κ3) is 11.4. The predicted molar refractivity (Wildman–Crippen MR) is 115 cm³/mol. The van der Waals surface area contributed by atoms with Crippen molar-refractivity contribution in [1.82, 2.24) is 5.32 Å². The first-order valence-electron chi connectivity index (χ1n) is 9.60. The van der Waals surface area contributed by atoms with Crippen LogP contribution in [0.1, 0.15) is 47.1 Å². The molecule has 1 rings (SSSR count). The number of halogens is 1. The van der Waals surface area contributed by atoms with Crippen LogP contribution in [0, 0.1) is 5.82 Å². The molecule has 0 saturated heterocycles. The third-order valence-electron chi connectivity index (χ3n) is 3.84. The van der Waals surface area contributed by atoms with Crippen LogP contribution in [0.3, 0.4) is 0 Å². The second kappa shape index (κ2) is 13.3. The van der Waals surface area contributed by atoms with Gasteiger partial charge in [-0.2, -0.15) is 0 Å². The number of ether oxygens (including phenoxy) is 1. The molecule has 27 heavy (non-hydrogen) atoms. The number of hydrogen-bond donors (Lipinski definition) is 2. The summed E-state index contributed by atoms with van der Waals surface area (Å²) in [4.78, 5) is 0. The van der Waals surface area contributed by atoms with Crippen LogP contribution < -0.4 is 11.1 Å². The van der Waals surface area contributed by atoms with Crippen LogP contribution in [-0.2, 0) is 11.2 Å². The van der Waals surface area contributed by atoms with E-state index in [2.05, 4.69) is 25.7 Å². The zero-order chi connectivity index (χ0) is 20.9. The van der Waals surface area contributed by atoms with Gasteiger partial charge < -0.3 is 15.8 Å². The molecule has 0 aliphatic heterocycles. The van der Waals surface area contributed by atoms with Crippen molar-refractivity contribution in [3.8, 4) is 0 Å². The lowest BCUT2D eigenvalue weighted by atomic mass is 9.94. The minimum Gasteiger partial charge on any atom is -0.492 e. The van der Waals surface area contributed by atoms with E-state index in [1.807, 2.05) is 52.0 Å². The van der Waals surface area contributed by atoms with Gasteiger partial charge in [0.1, 0.15) is 18.2 Å². The van der Waals surface area contributed by atoms with E-state index in [1.165, 1.54) is 12.1 Å². The highest BCUT2D eigenvalue weighted by Crippen LogP contribution is 2.13. The normalized spacial score (nSPS) is 13.5. The summed E-state index contributed by atoms with van der Waals surface area (Å²) in [6, 6.07) is 6.48. The Morgan fingerprint density at radius 1 is 1.30 bits per heavy atom. The summed E-state index contributed by atoms with van der Waals surface area (Å²) in [6.45, 7) is 16.9. The summed E-state index contributed by atoms with van der Waals surface area (Å²) < 4.78 is 18.7. The van der Waals surface area contributed by atoms with Crippen molar-refractivity contribution in [3.05, 3.63) is 71.8 Å². The zero-order valence-corrected chi connectivity index (χ0v) is 17.8. The van der Waals surface area contributed by atoms with Gasteiger partial charge in [0.15, 0.2) is 0 Å². The van der Waals surface area contributed by atoms with Gasteiger partial charge in [-0.15, -0.1) is 0 Å². The number of nitrogens with one attached hydrogen (secondary N) is 1. The van der Waals surface area contributed by atoms with Crippen molar-refractivity contribution in [2.45, 2.75) is 59.5 Å². The average molecular weight is 377 g/mol. The lowest BCUT2D eigenvalue weighted by Crippen LogP contribution is -2.48. The molecule has 0 saturated carbocycles. The minimum atomic E-state index is -0.214. The van der Waals surface area contributed by atoms with E-state index in [4.69, 9.17) is 10.5 Å². The molecule has 0 amide bonds. The first-order chi connectivity index (χ1) is 12.8. The molecule has 1 aromatic carbocycles. The summed E-state index contributed by atoms with van der Waals surface area (Å²) in [5, 5.41) is 3.47. The third-order valence-corrected chi connectivity index (χ3v) is 3.84. The van der Waals surface area contributed by atoms with Crippen LogP contribution in [0.2, 0.25) is 0 Å². The maximum absolute atomic E-state index is 13.0. The van der Waals surface area contributed by atoms with Crippen molar-refractivity contribution in [2.24, 2.45) is 5.73 Å².